The Balaban J connectivity index is 1.86. The highest BCUT2D eigenvalue weighted by Crippen LogP contribution is 2.17. The van der Waals surface area contributed by atoms with Gasteiger partial charge in [0.2, 0.25) is 0 Å². The number of benzene rings is 2. The number of terminal acetylenes is 1. The lowest BCUT2D eigenvalue weighted by Crippen LogP contribution is -2.08. The van der Waals surface area contributed by atoms with Crippen molar-refractivity contribution in [1.29, 1.82) is 0 Å². The molecule has 21 heavy (non-hydrogen) atoms. The van der Waals surface area contributed by atoms with Crippen LogP contribution >= 0.6 is 0 Å². The van der Waals surface area contributed by atoms with Gasteiger partial charge in [0.25, 0.3) is 0 Å². The molecule has 3 heteroatoms. The first-order chi connectivity index (χ1) is 10.3. The van der Waals surface area contributed by atoms with Gasteiger partial charge < -0.3 is 9.88 Å². The summed E-state index contributed by atoms with van der Waals surface area (Å²) < 4.78 is 2.23. The molecule has 0 bridgehead atoms. The summed E-state index contributed by atoms with van der Waals surface area (Å²) in [5.41, 5.74) is 4.10. The SMILES string of the molecule is C#Cc1cccc(NCc2nc3ccccc3n2CC)c1. The number of aromatic nitrogens is 2. The van der Waals surface area contributed by atoms with Gasteiger partial charge >= 0.3 is 0 Å². The van der Waals surface area contributed by atoms with Gasteiger partial charge in [-0.1, -0.05) is 24.1 Å². The number of imidazole rings is 1. The Morgan fingerprint density at radius 3 is 2.86 bits per heavy atom. The van der Waals surface area contributed by atoms with E-state index in [9.17, 15) is 0 Å². The smallest absolute Gasteiger partial charge is 0.129 e. The molecule has 1 heterocycles. The van der Waals surface area contributed by atoms with E-state index in [2.05, 4.69) is 28.8 Å². The number of rotatable bonds is 4. The second-order valence-electron chi connectivity index (χ2n) is 4.84. The van der Waals surface area contributed by atoms with Crippen molar-refractivity contribution in [3.05, 3.63) is 59.9 Å². The van der Waals surface area contributed by atoms with Crippen LogP contribution in [0.5, 0.6) is 0 Å². The number of nitrogens with zero attached hydrogens (tertiary/aromatic N) is 2. The van der Waals surface area contributed by atoms with Crippen molar-refractivity contribution in [3.63, 3.8) is 0 Å². The number of anilines is 1. The summed E-state index contributed by atoms with van der Waals surface area (Å²) in [6.07, 6.45) is 5.43. The molecule has 1 aromatic heterocycles. The maximum Gasteiger partial charge on any atom is 0.129 e. The highest BCUT2D eigenvalue weighted by atomic mass is 15.1. The summed E-state index contributed by atoms with van der Waals surface area (Å²) in [5, 5.41) is 3.39. The predicted octanol–water partition coefficient (Wildman–Crippen LogP) is 3.65. The number of fused-ring (bicyclic) bond motifs is 1. The van der Waals surface area contributed by atoms with E-state index in [1.165, 1.54) is 5.52 Å². The van der Waals surface area contributed by atoms with Crippen molar-refractivity contribution in [2.75, 3.05) is 5.32 Å². The van der Waals surface area contributed by atoms with E-state index >= 15 is 0 Å². The van der Waals surface area contributed by atoms with E-state index in [0.717, 1.165) is 29.1 Å². The van der Waals surface area contributed by atoms with Crippen LogP contribution in [0.3, 0.4) is 0 Å². The summed E-state index contributed by atoms with van der Waals surface area (Å²) in [7, 11) is 0. The van der Waals surface area contributed by atoms with Crippen molar-refractivity contribution < 1.29 is 0 Å². The number of para-hydroxylation sites is 2. The van der Waals surface area contributed by atoms with Gasteiger partial charge in [-0.25, -0.2) is 4.98 Å². The Morgan fingerprint density at radius 2 is 2.05 bits per heavy atom. The normalized spacial score (nSPS) is 10.5. The average molecular weight is 275 g/mol. The minimum absolute atomic E-state index is 0.677. The molecule has 1 N–H and O–H groups in total. The monoisotopic (exact) mass is 275 g/mol. The van der Waals surface area contributed by atoms with Crippen LogP contribution in [0.15, 0.2) is 48.5 Å². The molecule has 0 aliphatic carbocycles. The fraction of sp³-hybridized carbons (Fsp3) is 0.167. The van der Waals surface area contributed by atoms with Crippen LogP contribution in [0.2, 0.25) is 0 Å². The molecule has 104 valence electrons. The van der Waals surface area contributed by atoms with E-state index < -0.39 is 0 Å². The van der Waals surface area contributed by atoms with E-state index in [0.29, 0.717) is 6.54 Å². The average Bonchev–Trinajstić information content (AvgIpc) is 2.90. The Morgan fingerprint density at radius 1 is 1.19 bits per heavy atom. The first-order valence-corrected chi connectivity index (χ1v) is 7.06. The first-order valence-electron chi connectivity index (χ1n) is 7.06. The van der Waals surface area contributed by atoms with Crippen LogP contribution in [-0.4, -0.2) is 9.55 Å². The van der Waals surface area contributed by atoms with Gasteiger partial charge in [0.15, 0.2) is 0 Å². The summed E-state index contributed by atoms with van der Waals surface area (Å²) in [5.74, 6) is 3.68. The van der Waals surface area contributed by atoms with Crippen molar-refractivity contribution in [2.24, 2.45) is 0 Å². The van der Waals surface area contributed by atoms with Gasteiger partial charge in [0, 0.05) is 17.8 Å². The topological polar surface area (TPSA) is 29.9 Å². The van der Waals surface area contributed by atoms with Gasteiger partial charge in [-0.2, -0.15) is 0 Å². The highest BCUT2D eigenvalue weighted by molar-refractivity contribution is 5.76. The first kappa shape index (κ1) is 13.3. The molecule has 0 aliphatic heterocycles. The van der Waals surface area contributed by atoms with Crippen LogP contribution in [0, 0.1) is 12.3 Å². The molecule has 2 aromatic carbocycles. The lowest BCUT2D eigenvalue weighted by atomic mass is 10.2. The van der Waals surface area contributed by atoms with Crippen molar-refractivity contribution in [3.8, 4) is 12.3 Å². The summed E-state index contributed by atoms with van der Waals surface area (Å²) in [4.78, 5) is 4.70. The van der Waals surface area contributed by atoms with E-state index in [1.54, 1.807) is 0 Å². The minimum atomic E-state index is 0.677. The van der Waals surface area contributed by atoms with E-state index in [4.69, 9.17) is 11.4 Å². The molecule has 0 radical (unpaired) electrons. The third-order valence-corrected chi connectivity index (χ3v) is 3.53. The second-order valence-corrected chi connectivity index (χ2v) is 4.84. The van der Waals surface area contributed by atoms with Gasteiger partial charge in [0.05, 0.1) is 17.6 Å². The quantitative estimate of drug-likeness (QED) is 0.737. The number of aryl methyl sites for hydroxylation is 1. The predicted molar refractivity (Wildman–Crippen MR) is 87.1 cm³/mol. The van der Waals surface area contributed by atoms with Crippen molar-refractivity contribution in [2.45, 2.75) is 20.0 Å². The van der Waals surface area contributed by atoms with Crippen LogP contribution in [0.4, 0.5) is 5.69 Å². The molecular formula is C18H17N3. The molecule has 3 rings (SSSR count). The maximum absolute atomic E-state index is 5.43. The van der Waals surface area contributed by atoms with E-state index in [1.807, 2.05) is 42.5 Å². The van der Waals surface area contributed by atoms with Crippen molar-refractivity contribution in [1.82, 2.24) is 9.55 Å². The molecule has 0 aliphatic rings. The Hall–Kier alpha value is -2.73. The molecule has 0 amide bonds. The minimum Gasteiger partial charge on any atom is -0.378 e. The zero-order valence-corrected chi connectivity index (χ0v) is 12.0. The van der Waals surface area contributed by atoms with Crippen molar-refractivity contribution >= 4 is 16.7 Å². The zero-order valence-electron chi connectivity index (χ0n) is 12.0. The molecule has 0 saturated heterocycles. The third-order valence-electron chi connectivity index (χ3n) is 3.53. The molecule has 0 spiro atoms. The van der Waals surface area contributed by atoms with Crippen LogP contribution in [-0.2, 0) is 13.1 Å². The standard InChI is InChI=1S/C18H17N3/c1-3-14-8-7-9-15(12-14)19-13-18-20-16-10-5-6-11-17(16)21(18)4-2/h1,5-12,19H,4,13H2,2H3. The molecule has 0 saturated carbocycles. The summed E-state index contributed by atoms with van der Waals surface area (Å²) in [6, 6.07) is 16.1. The summed E-state index contributed by atoms with van der Waals surface area (Å²) in [6.45, 7) is 3.72. The Labute approximate surface area is 124 Å². The van der Waals surface area contributed by atoms with Crippen LogP contribution < -0.4 is 5.32 Å². The molecule has 0 fully saturated rings. The number of nitrogens with one attached hydrogen (secondary N) is 1. The molecule has 0 atom stereocenters. The van der Waals surface area contributed by atoms with Crippen LogP contribution in [0.1, 0.15) is 18.3 Å². The lowest BCUT2D eigenvalue weighted by molar-refractivity contribution is 0.729. The Bertz CT molecular complexity index is 809. The Kier molecular flexibility index (Phi) is 3.61. The van der Waals surface area contributed by atoms with Gasteiger partial charge in [0.1, 0.15) is 5.82 Å². The van der Waals surface area contributed by atoms with Gasteiger partial charge in [-0.3, -0.25) is 0 Å². The van der Waals surface area contributed by atoms with Gasteiger partial charge in [-0.05, 0) is 37.3 Å². The maximum atomic E-state index is 5.43. The van der Waals surface area contributed by atoms with Crippen LogP contribution in [0.25, 0.3) is 11.0 Å². The third kappa shape index (κ3) is 2.61. The summed E-state index contributed by atoms with van der Waals surface area (Å²) >= 11 is 0. The largest absolute Gasteiger partial charge is 0.378 e. The lowest BCUT2D eigenvalue weighted by Gasteiger charge is -2.09. The molecule has 3 nitrogen and oxygen atoms in total. The number of hydrogen-bond donors (Lipinski definition) is 1. The van der Waals surface area contributed by atoms with E-state index in [-0.39, 0.29) is 0 Å². The molecule has 0 unspecified atom stereocenters. The highest BCUT2D eigenvalue weighted by Gasteiger charge is 2.08. The molecular weight excluding hydrogens is 258 g/mol. The van der Waals surface area contributed by atoms with Gasteiger partial charge in [-0.15, -0.1) is 6.42 Å². The molecule has 3 aromatic rings. The number of hydrogen-bond acceptors (Lipinski definition) is 2. The fourth-order valence-corrected chi connectivity index (χ4v) is 2.51. The fourth-order valence-electron chi connectivity index (χ4n) is 2.51. The second kappa shape index (κ2) is 5.72. The zero-order chi connectivity index (χ0) is 14.7.